The van der Waals surface area contributed by atoms with Gasteiger partial charge < -0.3 is 15.3 Å². The van der Waals surface area contributed by atoms with Crippen molar-refractivity contribution in [2.24, 2.45) is 21.8 Å². The van der Waals surface area contributed by atoms with Gasteiger partial charge in [0.05, 0.1) is 12.1 Å². The van der Waals surface area contributed by atoms with Crippen LogP contribution in [0, 0.1) is 11.8 Å². The lowest BCUT2D eigenvalue weighted by atomic mass is 9.75. The van der Waals surface area contributed by atoms with Gasteiger partial charge >= 0.3 is 0 Å². The number of hydrogen-bond acceptors (Lipinski definition) is 5. The molecule has 1 amide bonds. The van der Waals surface area contributed by atoms with Crippen LogP contribution in [0.25, 0.3) is 0 Å². The van der Waals surface area contributed by atoms with E-state index in [-0.39, 0.29) is 30.0 Å². The number of aliphatic imine (C=N–C) groups is 2. The molecular weight excluding hydrogens is 328 g/mol. The molecule has 3 atom stereocenters. The first kappa shape index (κ1) is 19.1. The highest BCUT2D eigenvalue weighted by Gasteiger charge is 2.42. The van der Waals surface area contributed by atoms with E-state index in [4.69, 9.17) is 4.99 Å². The molecule has 0 radical (unpaired) electrons. The van der Waals surface area contributed by atoms with Crippen molar-refractivity contribution in [2.45, 2.75) is 84.0 Å². The van der Waals surface area contributed by atoms with Crippen LogP contribution in [0.3, 0.4) is 0 Å². The molecule has 2 unspecified atom stereocenters. The summed E-state index contributed by atoms with van der Waals surface area (Å²) >= 11 is 0. The number of nitrogens with one attached hydrogen (secondary N) is 1. The summed E-state index contributed by atoms with van der Waals surface area (Å²) in [4.78, 5) is 24.0. The third-order valence-electron chi connectivity index (χ3n) is 5.84. The fourth-order valence-electron chi connectivity index (χ4n) is 3.99. The molecule has 3 aliphatic rings. The number of guanidine groups is 1. The van der Waals surface area contributed by atoms with Crippen LogP contribution in [0.15, 0.2) is 21.8 Å². The fraction of sp³-hybridized carbons (Fsp3) is 0.750. The van der Waals surface area contributed by atoms with Crippen LogP contribution in [0.2, 0.25) is 0 Å². The topological polar surface area (TPSA) is 77.3 Å². The number of aliphatic hydroxyl groups excluding tert-OH is 1. The summed E-state index contributed by atoms with van der Waals surface area (Å²) in [6, 6.07) is 0.248. The van der Waals surface area contributed by atoms with Gasteiger partial charge in [0.25, 0.3) is 0 Å². The Hall–Kier alpha value is -1.69. The Kier molecular flexibility index (Phi) is 5.80. The van der Waals surface area contributed by atoms with E-state index in [1.807, 2.05) is 24.9 Å². The lowest BCUT2D eigenvalue weighted by Gasteiger charge is -2.41. The maximum Gasteiger partial charge on any atom is 0.237 e. The van der Waals surface area contributed by atoms with E-state index in [9.17, 15) is 9.90 Å². The Balaban J connectivity index is 1.91. The third kappa shape index (κ3) is 3.85. The van der Waals surface area contributed by atoms with Crippen molar-refractivity contribution in [1.29, 1.82) is 0 Å². The summed E-state index contributed by atoms with van der Waals surface area (Å²) in [6.07, 6.45) is 8.19. The number of rotatable bonds is 4. The zero-order valence-corrected chi connectivity index (χ0v) is 16.4. The van der Waals surface area contributed by atoms with Crippen LogP contribution >= 0.6 is 0 Å². The van der Waals surface area contributed by atoms with Gasteiger partial charge in [0, 0.05) is 24.5 Å². The monoisotopic (exact) mass is 360 g/mol. The molecule has 2 N–H and O–H groups in total. The SMILES string of the molecule is CC[C@H](C)NC1=NC2C(C3CCC(O)CC3)=CN(C(C)C)C(=O)C2C=N1. The van der Waals surface area contributed by atoms with Gasteiger partial charge in [0.2, 0.25) is 11.9 Å². The molecule has 1 saturated carbocycles. The first-order chi connectivity index (χ1) is 12.4. The van der Waals surface area contributed by atoms with E-state index in [1.165, 1.54) is 5.57 Å². The lowest BCUT2D eigenvalue weighted by Crippen LogP contribution is -2.50. The quantitative estimate of drug-likeness (QED) is 0.808. The number of fused-ring (bicyclic) bond motifs is 1. The van der Waals surface area contributed by atoms with Gasteiger partial charge in [-0.1, -0.05) is 6.92 Å². The van der Waals surface area contributed by atoms with Crippen molar-refractivity contribution in [2.75, 3.05) is 0 Å². The van der Waals surface area contributed by atoms with Crippen molar-refractivity contribution in [3.05, 3.63) is 11.8 Å². The average Bonchev–Trinajstić information content (AvgIpc) is 2.62. The second-order valence-electron chi connectivity index (χ2n) is 8.13. The molecule has 1 aliphatic carbocycles. The number of carbonyl (C=O) groups is 1. The van der Waals surface area contributed by atoms with E-state index < -0.39 is 0 Å². The number of aliphatic hydroxyl groups is 1. The lowest BCUT2D eigenvalue weighted by molar-refractivity contribution is -0.133. The standard InChI is InChI=1S/C20H32N4O2/c1-5-13(4)22-20-21-10-16-18(23-20)17(11-24(12(2)3)19(16)26)14-6-8-15(25)9-7-14/h10-16,18,25H,5-9H2,1-4H3,(H,22,23)/t13-,14?,15?,16?,18?/m0/s1. The minimum absolute atomic E-state index is 0.0830. The molecule has 0 bridgehead atoms. The molecule has 2 aliphatic heterocycles. The maximum atomic E-state index is 12.9. The first-order valence-electron chi connectivity index (χ1n) is 10.0. The van der Waals surface area contributed by atoms with Gasteiger partial charge in [-0.25, -0.2) is 9.98 Å². The summed E-state index contributed by atoms with van der Waals surface area (Å²) in [7, 11) is 0. The molecule has 3 rings (SSSR count). The zero-order valence-electron chi connectivity index (χ0n) is 16.4. The summed E-state index contributed by atoms with van der Waals surface area (Å²) in [6.45, 7) is 8.30. The Morgan fingerprint density at radius 2 is 1.96 bits per heavy atom. The van der Waals surface area contributed by atoms with Crippen LogP contribution in [0.4, 0.5) is 0 Å². The Morgan fingerprint density at radius 1 is 1.27 bits per heavy atom. The predicted octanol–water partition coefficient (Wildman–Crippen LogP) is 2.49. The molecule has 144 valence electrons. The minimum Gasteiger partial charge on any atom is -0.393 e. The maximum absolute atomic E-state index is 12.9. The summed E-state index contributed by atoms with van der Waals surface area (Å²) < 4.78 is 0. The highest BCUT2D eigenvalue weighted by atomic mass is 16.3. The van der Waals surface area contributed by atoms with Crippen molar-refractivity contribution in [1.82, 2.24) is 10.2 Å². The van der Waals surface area contributed by atoms with Gasteiger partial charge in [-0.05, 0) is 64.4 Å². The van der Waals surface area contributed by atoms with E-state index in [2.05, 4.69) is 24.2 Å². The van der Waals surface area contributed by atoms with E-state index in [0.717, 1.165) is 32.1 Å². The largest absolute Gasteiger partial charge is 0.393 e. The molecule has 6 nitrogen and oxygen atoms in total. The van der Waals surface area contributed by atoms with Gasteiger partial charge in [-0.3, -0.25) is 4.79 Å². The molecule has 1 fully saturated rings. The van der Waals surface area contributed by atoms with Crippen molar-refractivity contribution < 1.29 is 9.90 Å². The smallest absolute Gasteiger partial charge is 0.237 e. The highest BCUT2D eigenvalue weighted by Crippen LogP contribution is 2.38. The second-order valence-corrected chi connectivity index (χ2v) is 8.13. The normalized spacial score (nSPS) is 32.8. The number of nitrogens with zero attached hydrogens (tertiary/aromatic N) is 3. The van der Waals surface area contributed by atoms with Crippen LogP contribution < -0.4 is 5.32 Å². The van der Waals surface area contributed by atoms with Gasteiger partial charge in [0.1, 0.15) is 5.92 Å². The second kappa shape index (κ2) is 7.91. The number of amides is 1. The average molecular weight is 361 g/mol. The van der Waals surface area contributed by atoms with Crippen LogP contribution in [-0.2, 0) is 4.79 Å². The molecule has 0 saturated heterocycles. The van der Waals surface area contributed by atoms with Crippen molar-refractivity contribution >= 4 is 18.1 Å². The van der Waals surface area contributed by atoms with Crippen LogP contribution in [-0.4, -0.2) is 52.3 Å². The third-order valence-corrected chi connectivity index (χ3v) is 5.84. The predicted molar refractivity (Wildman–Crippen MR) is 104 cm³/mol. The number of carbonyl (C=O) groups excluding carboxylic acids is 1. The van der Waals surface area contributed by atoms with Crippen LogP contribution in [0.1, 0.15) is 59.8 Å². The molecule has 0 aromatic heterocycles. The van der Waals surface area contributed by atoms with Gasteiger partial charge in [-0.15, -0.1) is 0 Å². The molecule has 0 spiro atoms. The molecule has 2 heterocycles. The highest BCUT2D eigenvalue weighted by molar-refractivity contribution is 6.02. The first-order valence-corrected chi connectivity index (χ1v) is 10.0. The molecule has 6 heteroatoms. The van der Waals surface area contributed by atoms with E-state index in [1.54, 1.807) is 6.21 Å². The van der Waals surface area contributed by atoms with E-state index in [0.29, 0.717) is 17.9 Å². The minimum atomic E-state index is -0.313. The molecular formula is C20H32N4O2. The fourth-order valence-corrected chi connectivity index (χ4v) is 3.99. The summed E-state index contributed by atoms with van der Waals surface area (Å²) in [5.74, 6) is 0.778. The molecule has 26 heavy (non-hydrogen) atoms. The Bertz CT molecular complexity index is 617. The van der Waals surface area contributed by atoms with E-state index >= 15 is 0 Å². The van der Waals surface area contributed by atoms with Crippen molar-refractivity contribution in [3.8, 4) is 0 Å². The summed E-state index contributed by atoms with van der Waals surface area (Å²) in [5, 5.41) is 13.2. The number of hydrogen-bond donors (Lipinski definition) is 2. The Labute approximate surface area is 156 Å². The molecule has 0 aromatic rings. The molecule has 0 aromatic carbocycles. The summed E-state index contributed by atoms with van der Waals surface area (Å²) in [5.41, 5.74) is 1.23. The van der Waals surface area contributed by atoms with Crippen molar-refractivity contribution in [3.63, 3.8) is 0 Å². The van der Waals surface area contributed by atoms with Gasteiger partial charge in [-0.2, -0.15) is 0 Å². The van der Waals surface area contributed by atoms with Crippen LogP contribution in [0.5, 0.6) is 0 Å². The zero-order chi connectivity index (χ0) is 18.8. The van der Waals surface area contributed by atoms with Gasteiger partial charge in [0.15, 0.2) is 0 Å². The Morgan fingerprint density at radius 3 is 2.58 bits per heavy atom.